The first-order valence-electron chi connectivity index (χ1n) is 8.92. The zero-order chi connectivity index (χ0) is 21.9. The molecule has 0 aliphatic rings. The lowest BCUT2D eigenvalue weighted by molar-refractivity contribution is -0.384. The molecule has 2 N–H and O–H groups in total. The molecule has 10 heteroatoms. The normalized spacial score (nSPS) is 12.6. The lowest BCUT2D eigenvalue weighted by Crippen LogP contribution is -2.46. The van der Waals surface area contributed by atoms with E-state index < -0.39 is 26.9 Å². The van der Waals surface area contributed by atoms with Gasteiger partial charge in [-0.1, -0.05) is 42.5 Å². The van der Waals surface area contributed by atoms with E-state index in [0.717, 1.165) is 9.69 Å². The fraction of sp³-hybridized carbons (Fsp3) is 0.150. The predicted octanol–water partition coefficient (Wildman–Crippen LogP) is 2.83. The van der Waals surface area contributed by atoms with E-state index >= 15 is 0 Å². The monoisotopic (exact) mass is 429 g/mol. The smallest absolute Gasteiger partial charge is 0.269 e. The number of fused-ring (bicyclic) bond motifs is 1. The van der Waals surface area contributed by atoms with Gasteiger partial charge in [-0.15, -0.1) is 0 Å². The Morgan fingerprint density at radius 2 is 1.73 bits per heavy atom. The molecule has 0 saturated heterocycles. The number of hydrogen-bond acceptors (Lipinski definition) is 6. The molecule has 3 rings (SSSR count). The molecule has 0 aliphatic heterocycles. The van der Waals surface area contributed by atoms with Crippen LogP contribution in [0.3, 0.4) is 0 Å². The average Bonchev–Trinajstić information content (AvgIpc) is 2.76. The Morgan fingerprint density at radius 1 is 1.10 bits per heavy atom. The van der Waals surface area contributed by atoms with Gasteiger partial charge < -0.3 is 0 Å². The standard InChI is InChI=1S/C20H19N3O6S/c1-14(20(24)21-25)22(13-15-6-9-18(10-7-15)23(26)27)30(28,29)19-11-8-16-4-2-3-5-17(16)12-19/h2-12,14,25H,13H2,1H3,(H,21,24)/t14-/m0/s1. The molecule has 1 amide bonds. The Bertz CT molecular complexity index is 1190. The molecule has 1 atom stereocenters. The summed E-state index contributed by atoms with van der Waals surface area (Å²) in [5.41, 5.74) is 1.79. The maximum Gasteiger partial charge on any atom is 0.269 e. The fourth-order valence-corrected chi connectivity index (χ4v) is 4.64. The first-order valence-corrected chi connectivity index (χ1v) is 10.4. The van der Waals surface area contributed by atoms with Gasteiger partial charge in [0.25, 0.3) is 11.6 Å². The highest BCUT2D eigenvalue weighted by atomic mass is 32.2. The zero-order valence-electron chi connectivity index (χ0n) is 15.9. The van der Waals surface area contributed by atoms with Crippen molar-refractivity contribution in [2.45, 2.75) is 24.4 Å². The number of amides is 1. The molecule has 0 fully saturated rings. The van der Waals surface area contributed by atoms with Gasteiger partial charge in [0, 0.05) is 18.7 Å². The molecular formula is C20H19N3O6S. The minimum atomic E-state index is -4.14. The van der Waals surface area contributed by atoms with Gasteiger partial charge in [-0.3, -0.25) is 20.1 Å². The molecular weight excluding hydrogens is 410 g/mol. The lowest BCUT2D eigenvalue weighted by atomic mass is 10.1. The highest BCUT2D eigenvalue weighted by Crippen LogP contribution is 2.25. The quantitative estimate of drug-likeness (QED) is 0.337. The Balaban J connectivity index is 2.03. The SMILES string of the molecule is C[C@@H](C(=O)NO)N(Cc1ccc([N+](=O)[O-])cc1)S(=O)(=O)c1ccc2ccccc2c1. The number of carbonyl (C=O) groups excluding carboxylic acids is 1. The maximum absolute atomic E-state index is 13.4. The van der Waals surface area contributed by atoms with Gasteiger partial charge in [-0.2, -0.15) is 4.31 Å². The van der Waals surface area contributed by atoms with E-state index in [2.05, 4.69) is 0 Å². The minimum absolute atomic E-state index is 0.0132. The summed E-state index contributed by atoms with van der Waals surface area (Å²) in [6, 6.07) is 16.0. The summed E-state index contributed by atoms with van der Waals surface area (Å²) in [6.07, 6.45) is 0. The number of nitro groups is 1. The predicted molar refractivity (Wildman–Crippen MR) is 109 cm³/mol. The third-order valence-corrected chi connectivity index (χ3v) is 6.65. The summed E-state index contributed by atoms with van der Waals surface area (Å²) < 4.78 is 27.7. The molecule has 3 aromatic rings. The largest absolute Gasteiger partial charge is 0.289 e. The minimum Gasteiger partial charge on any atom is -0.289 e. The van der Waals surface area contributed by atoms with Gasteiger partial charge in [-0.05, 0) is 35.4 Å². The Morgan fingerprint density at radius 3 is 2.33 bits per heavy atom. The van der Waals surface area contributed by atoms with Crippen molar-refractivity contribution in [2.75, 3.05) is 0 Å². The van der Waals surface area contributed by atoms with Gasteiger partial charge in [-0.25, -0.2) is 13.9 Å². The number of non-ortho nitro benzene ring substituents is 1. The van der Waals surface area contributed by atoms with Crippen molar-refractivity contribution in [1.82, 2.24) is 9.79 Å². The van der Waals surface area contributed by atoms with Crippen LogP contribution < -0.4 is 5.48 Å². The molecule has 0 heterocycles. The maximum atomic E-state index is 13.4. The molecule has 9 nitrogen and oxygen atoms in total. The van der Waals surface area contributed by atoms with Crippen molar-refractivity contribution in [1.29, 1.82) is 0 Å². The number of hydrogen-bond donors (Lipinski definition) is 2. The van der Waals surface area contributed by atoms with Crippen LogP contribution in [0.4, 0.5) is 5.69 Å². The molecule has 30 heavy (non-hydrogen) atoms. The van der Waals surface area contributed by atoms with E-state index in [1.54, 1.807) is 18.2 Å². The van der Waals surface area contributed by atoms with Gasteiger partial charge in [0.05, 0.1) is 9.82 Å². The van der Waals surface area contributed by atoms with Gasteiger partial charge in [0.2, 0.25) is 10.0 Å². The molecule has 0 saturated carbocycles. The third kappa shape index (κ3) is 4.30. The van der Waals surface area contributed by atoms with E-state index in [-0.39, 0.29) is 17.1 Å². The van der Waals surface area contributed by atoms with Crippen LogP contribution in [-0.4, -0.2) is 34.8 Å². The van der Waals surface area contributed by atoms with Crippen molar-refractivity contribution in [3.05, 3.63) is 82.4 Å². The first-order chi connectivity index (χ1) is 14.2. The van der Waals surface area contributed by atoms with Gasteiger partial charge >= 0.3 is 0 Å². The number of sulfonamides is 1. The topological polar surface area (TPSA) is 130 Å². The molecule has 0 aliphatic carbocycles. The number of nitrogens with zero attached hydrogens (tertiary/aromatic N) is 2. The van der Waals surface area contributed by atoms with Crippen molar-refractivity contribution in [3.63, 3.8) is 0 Å². The molecule has 0 spiro atoms. The van der Waals surface area contributed by atoms with E-state index in [0.29, 0.717) is 10.9 Å². The zero-order valence-corrected chi connectivity index (χ0v) is 16.7. The lowest BCUT2D eigenvalue weighted by Gasteiger charge is -2.27. The van der Waals surface area contributed by atoms with E-state index in [1.165, 1.54) is 48.8 Å². The van der Waals surface area contributed by atoms with Crippen LogP contribution >= 0.6 is 0 Å². The van der Waals surface area contributed by atoms with Crippen LogP contribution in [0, 0.1) is 10.1 Å². The number of hydroxylamine groups is 1. The van der Waals surface area contributed by atoms with Crippen molar-refractivity contribution in [3.8, 4) is 0 Å². The second-order valence-corrected chi connectivity index (χ2v) is 8.53. The third-order valence-electron chi connectivity index (χ3n) is 4.73. The molecule has 0 radical (unpaired) electrons. The van der Waals surface area contributed by atoms with Crippen molar-refractivity contribution in [2.24, 2.45) is 0 Å². The van der Waals surface area contributed by atoms with E-state index in [1.807, 2.05) is 12.1 Å². The van der Waals surface area contributed by atoms with Crippen LogP contribution in [0.2, 0.25) is 0 Å². The first kappa shape index (κ1) is 21.4. The number of carbonyl (C=O) groups is 1. The molecule has 0 aromatic heterocycles. The van der Waals surface area contributed by atoms with Crippen molar-refractivity contribution >= 4 is 32.4 Å². The second-order valence-electron chi connectivity index (χ2n) is 6.63. The Kier molecular flexibility index (Phi) is 6.11. The molecule has 156 valence electrons. The number of rotatable bonds is 7. The molecule has 0 bridgehead atoms. The summed E-state index contributed by atoms with van der Waals surface area (Å²) in [7, 11) is -4.14. The van der Waals surface area contributed by atoms with Gasteiger partial charge in [0.15, 0.2) is 0 Å². The Hall–Kier alpha value is -3.34. The summed E-state index contributed by atoms with van der Waals surface area (Å²) >= 11 is 0. The van der Waals surface area contributed by atoms with E-state index in [9.17, 15) is 23.3 Å². The summed E-state index contributed by atoms with van der Waals surface area (Å²) in [5, 5.41) is 21.4. The number of nitrogens with one attached hydrogen (secondary N) is 1. The number of nitro benzene ring substituents is 1. The van der Waals surface area contributed by atoms with Crippen LogP contribution in [0.5, 0.6) is 0 Å². The summed E-state index contributed by atoms with van der Waals surface area (Å²) in [6.45, 7) is 1.12. The van der Waals surface area contributed by atoms with Crippen molar-refractivity contribution < 1.29 is 23.3 Å². The van der Waals surface area contributed by atoms with Crippen LogP contribution in [-0.2, 0) is 21.4 Å². The van der Waals surface area contributed by atoms with Crippen LogP contribution in [0.25, 0.3) is 10.8 Å². The number of benzene rings is 3. The van der Waals surface area contributed by atoms with Crippen LogP contribution in [0.15, 0.2) is 71.6 Å². The van der Waals surface area contributed by atoms with Crippen LogP contribution in [0.1, 0.15) is 12.5 Å². The second kappa shape index (κ2) is 8.57. The highest BCUT2D eigenvalue weighted by Gasteiger charge is 2.33. The molecule has 0 unspecified atom stereocenters. The summed E-state index contributed by atoms with van der Waals surface area (Å²) in [5.74, 6) is -0.902. The fourth-order valence-electron chi connectivity index (χ4n) is 3.02. The Labute approximate surface area is 172 Å². The highest BCUT2D eigenvalue weighted by molar-refractivity contribution is 7.89. The van der Waals surface area contributed by atoms with E-state index in [4.69, 9.17) is 5.21 Å². The van der Waals surface area contributed by atoms with Gasteiger partial charge in [0.1, 0.15) is 6.04 Å². The molecule has 3 aromatic carbocycles. The summed E-state index contributed by atoms with van der Waals surface area (Å²) in [4.78, 5) is 22.3. The average molecular weight is 429 g/mol.